The van der Waals surface area contributed by atoms with Crippen LogP contribution in [0.1, 0.15) is 25.1 Å². The summed E-state index contributed by atoms with van der Waals surface area (Å²) in [5.74, 6) is 1.17. The van der Waals surface area contributed by atoms with Crippen molar-refractivity contribution in [1.29, 1.82) is 0 Å². The molecule has 0 bridgehead atoms. The third-order valence-corrected chi connectivity index (χ3v) is 3.96. The molecule has 1 aliphatic rings. The molecule has 19 heavy (non-hydrogen) atoms. The highest BCUT2D eigenvalue weighted by Crippen LogP contribution is 2.31. The summed E-state index contributed by atoms with van der Waals surface area (Å²) in [5, 5.41) is 0.747. The zero-order valence-corrected chi connectivity index (χ0v) is 11.7. The van der Waals surface area contributed by atoms with Gasteiger partial charge in [0.25, 0.3) is 0 Å². The molecule has 1 aliphatic heterocycles. The maximum Gasteiger partial charge on any atom is 0.117 e. The number of para-hydroxylation sites is 1. The molecule has 1 aromatic heterocycles. The van der Waals surface area contributed by atoms with Crippen LogP contribution >= 0.6 is 11.6 Å². The molecular weight excluding hydrogens is 262 g/mol. The number of nitrogens with zero attached hydrogens (tertiary/aromatic N) is 2. The van der Waals surface area contributed by atoms with Crippen LogP contribution in [0.5, 0.6) is 0 Å². The minimum atomic E-state index is 0.0196. The molecule has 2 unspecified atom stereocenters. The van der Waals surface area contributed by atoms with Crippen molar-refractivity contribution < 1.29 is 4.74 Å². The van der Waals surface area contributed by atoms with E-state index in [0.717, 1.165) is 34.8 Å². The number of aromatic nitrogens is 2. The SMILES string of the molecule is CCCn1c(C2COCC2N)nc2cccc(Cl)c21. The normalized spacial score (nSPS) is 23.3. The number of hydrogen-bond donors (Lipinski definition) is 1. The van der Waals surface area contributed by atoms with Crippen molar-refractivity contribution in [3.05, 3.63) is 29.0 Å². The molecule has 2 N–H and O–H groups in total. The lowest BCUT2D eigenvalue weighted by atomic mass is 10.0. The van der Waals surface area contributed by atoms with E-state index < -0.39 is 0 Å². The second kappa shape index (κ2) is 5.12. The maximum atomic E-state index is 6.33. The molecule has 1 saturated heterocycles. The van der Waals surface area contributed by atoms with E-state index in [-0.39, 0.29) is 12.0 Å². The van der Waals surface area contributed by atoms with E-state index in [1.807, 2.05) is 18.2 Å². The highest BCUT2D eigenvalue weighted by atomic mass is 35.5. The number of rotatable bonds is 3. The summed E-state index contributed by atoms with van der Waals surface area (Å²) in [6.45, 7) is 4.30. The summed E-state index contributed by atoms with van der Waals surface area (Å²) >= 11 is 6.33. The van der Waals surface area contributed by atoms with Crippen molar-refractivity contribution in [2.75, 3.05) is 13.2 Å². The predicted octanol–water partition coefficient (Wildman–Crippen LogP) is 2.54. The number of nitrogens with two attached hydrogens (primary N) is 1. The molecule has 1 aromatic carbocycles. The maximum absolute atomic E-state index is 6.33. The summed E-state index contributed by atoms with van der Waals surface area (Å²) in [5.41, 5.74) is 8.08. The smallest absolute Gasteiger partial charge is 0.117 e. The highest BCUT2D eigenvalue weighted by molar-refractivity contribution is 6.35. The average molecular weight is 280 g/mol. The van der Waals surface area contributed by atoms with Crippen LogP contribution in [0.4, 0.5) is 0 Å². The number of aryl methyl sites for hydroxylation is 1. The van der Waals surface area contributed by atoms with Crippen molar-refractivity contribution in [3.8, 4) is 0 Å². The molecule has 2 heterocycles. The first-order valence-electron chi connectivity index (χ1n) is 6.70. The largest absolute Gasteiger partial charge is 0.379 e. The molecule has 3 rings (SSSR count). The van der Waals surface area contributed by atoms with Crippen LogP contribution in [-0.4, -0.2) is 28.8 Å². The van der Waals surface area contributed by atoms with Gasteiger partial charge in [-0.05, 0) is 18.6 Å². The summed E-state index contributed by atoms with van der Waals surface area (Å²) < 4.78 is 7.68. The molecular formula is C14H18ClN3O. The van der Waals surface area contributed by atoms with Crippen molar-refractivity contribution >= 4 is 22.6 Å². The van der Waals surface area contributed by atoms with Gasteiger partial charge < -0.3 is 15.0 Å². The Balaban J connectivity index is 2.17. The lowest BCUT2D eigenvalue weighted by Crippen LogP contribution is -2.29. The molecule has 0 spiro atoms. The van der Waals surface area contributed by atoms with Gasteiger partial charge in [0.15, 0.2) is 0 Å². The third-order valence-electron chi connectivity index (χ3n) is 3.65. The Morgan fingerprint density at radius 3 is 3.00 bits per heavy atom. The molecule has 102 valence electrons. The monoisotopic (exact) mass is 279 g/mol. The van der Waals surface area contributed by atoms with E-state index in [2.05, 4.69) is 11.5 Å². The zero-order valence-electron chi connectivity index (χ0n) is 11.0. The van der Waals surface area contributed by atoms with Gasteiger partial charge in [-0.2, -0.15) is 0 Å². The standard InChI is InChI=1S/C14H18ClN3O/c1-2-6-18-13-10(15)4-3-5-12(13)17-14(18)9-7-19-8-11(9)16/h3-5,9,11H,2,6-8,16H2,1H3. The Bertz CT molecular complexity index is 596. The van der Waals surface area contributed by atoms with Crippen LogP contribution in [0.2, 0.25) is 5.02 Å². The Labute approximate surface area is 117 Å². The molecule has 0 aliphatic carbocycles. The second-order valence-electron chi connectivity index (χ2n) is 5.04. The van der Waals surface area contributed by atoms with Crippen molar-refractivity contribution in [2.45, 2.75) is 31.8 Å². The van der Waals surface area contributed by atoms with Crippen molar-refractivity contribution in [1.82, 2.24) is 9.55 Å². The van der Waals surface area contributed by atoms with E-state index in [1.54, 1.807) is 0 Å². The first kappa shape index (κ1) is 12.9. The Morgan fingerprint density at radius 2 is 2.32 bits per heavy atom. The molecule has 1 fully saturated rings. The van der Waals surface area contributed by atoms with Crippen LogP contribution in [0.25, 0.3) is 11.0 Å². The predicted molar refractivity (Wildman–Crippen MR) is 76.6 cm³/mol. The number of hydrogen-bond acceptors (Lipinski definition) is 3. The van der Waals surface area contributed by atoms with E-state index in [0.29, 0.717) is 13.2 Å². The van der Waals surface area contributed by atoms with Gasteiger partial charge in [0.2, 0.25) is 0 Å². The lowest BCUT2D eigenvalue weighted by Gasteiger charge is -2.15. The summed E-state index contributed by atoms with van der Waals surface area (Å²) in [4.78, 5) is 4.74. The van der Waals surface area contributed by atoms with E-state index in [1.165, 1.54) is 0 Å². The second-order valence-corrected chi connectivity index (χ2v) is 5.44. The number of halogens is 1. The molecule has 5 heteroatoms. The summed E-state index contributed by atoms with van der Waals surface area (Å²) in [7, 11) is 0. The Hall–Kier alpha value is -1.10. The number of ether oxygens (including phenoxy) is 1. The zero-order chi connectivity index (χ0) is 13.4. The molecule has 0 amide bonds. The van der Waals surface area contributed by atoms with Gasteiger partial charge in [-0.3, -0.25) is 0 Å². The fourth-order valence-corrected chi connectivity index (χ4v) is 3.00. The van der Waals surface area contributed by atoms with Crippen LogP contribution in [0.3, 0.4) is 0 Å². The first-order chi connectivity index (χ1) is 9.22. The topological polar surface area (TPSA) is 53.1 Å². The van der Waals surface area contributed by atoms with Gasteiger partial charge in [0.05, 0.1) is 35.2 Å². The Morgan fingerprint density at radius 1 is 1.47 bits per heavy atom. The lowest BCUT2D eigenvalue weighted by molar-refractivity contribution is 0.190. The van der Waals surface area contributed by atoms with Gasteiger partial charge in [0.1, 0.15) is 5.82 Å². The first-order valence-corrected chi connectivity index (χ1v) is 7.08. The molecule has 0 radical (unpaired) electrons. The quantitative estimate of drug-likeness (QED) is 0.939. The van der Waals surface area contributed by atoms with E-state index in [9.17, 15) is 0 Å². The molecule has 4 nitrogen and oxygen atoms in total. The Kier molecular flexibility index (Phi) is 3.48. The van der Waals surface area contributed by atoms with Gasteiger partial charge in [-0.1, -0.05) is 24.6 Å². The van der Waals surface area contributed by atoms with Crippen LogP contribution in [0.15, 0.2) is 18.2 Å². The van der Waals surface area contributed by atoms with Gasteiger partial charge >= 0.3 is 0 Å². The fraction of sp³-hybridized carbons (Fsp3) is 0.500. The van der Waals surface area contributed by atoms with Crippen molar-refractivity contribution in [3.63, 3.8) is 0 Å². The summed E-state index contributed by atoms with van der Waals surface area (Å²) in [6.07, 6.45) is 1.03. The highest BCUT2D eigenvalue weighted by Gasteiger charge is 2.31. The number of imidazole rings is 1. The van der Waals surface area contributed by atoms with Crippen molar-refractivity contribution in [2.24, 2.45) is 5.73 Å². The van der Waals surface area contributed by atoms with Gasteiger partial charge in [-0.25, -0.2) is 4.98 Å². The van der Waals surface area contributed by atoms with E-state index in [4.69, 9.17) is 27.1 Å². The average Bonchev–Trinajstić information content (AvgIpc) is 2.95. The minimum Gasteiger partial charge on any atom is -0.379 e. The van der Waals surface area contributed by atoms with Crippen LogP contribution in [0, 0.1) is 0 Å². The number of benzene rings is 1. The molecule has 2 aromatic rings. The van der Waals surface area contributed by atoms with Crippen LogP contribution in [-0.2, 0) is 11.3 Å². The van der Waals surface area contributed by atoms with Gasteiger partial charge in [-0.15, -0.1) is 0 Å². The van der Waals surface area contributed by atoms with Gasteiger partial charge in [0, 0.05) is 12.6 Å². The third kappa shape index (κ3) is 2.14. The van der Waals surface area contributed by atoms with Crippen LogP contribution < -0.4 is 5.73 Å². The molecule has 2 atom stereocenters. The van der Waals surface area contributed by atoms with E-state index >= 15 is 0 Å². The summed E-state index contributed by atoms with van der Waals surface area (Å²) in [6, 6.07) is 5.86. The fourth-order valence-electron chi connectivity index (χ4n) is 2.73. The number of fused-ring (bicyclic) bond motifs is 1. The molecule has 0 saturated carbocycles. The minimum absolute atomic E-state index is 0.0196.